The summed E-state index contributed by atoms with van der Waals surface area (Å²) in [6, 6.07) is 13.6. The Labute approximate surface area is 466 Å². The van der Waals surface area contributed by atoms with Gasteiger partial charge < -0.3 is 149 Å². The van der Waals surface area contributed by atoms with Crippen LogP contribution in [0.15, 0.2) is 54.6 Å². The number of hydrogen-bond acceptors (Lipinski definition) is 30. The summed E-state index contributed by atoms with van der Waals surface area (Å²) < 4.78 is 70.1. The third kappa shape index (κ3) is 12.9. The van der Waals surface area contributed by atoms with Gasteiger partial charge in [0.1, 0.15) is 146 Å². The van der Waals surface area contributed by atoms with Crippen LogP contribution in [0.5, 0.6) is 0 Å². The molecule has 0 radical (unpaired) electrons. The minimum absolute atomic E-state index is 0.0152. The van der Waals surface area contributed by atoms with Gasteiger partial charge in [-0.2, -0.15) is 0 Å². The van der Waals surface area contributed by atoms with Crippen molar-refractivity contribution in [2.24, 2.45) is 0 Å². The molecule has 2 aromatic carbocycles. The first-order chi connectivity index (χ1) is 39.3. The molecule has 16 aliphatic rings. The number of amides is 1. The molecule has 82 heavy (non-hydrogen) atoms. The maximum Gasteiger partial charge on any atom is 0.251 e. The molecule has 16 heterocycles. The van der Waals surface area contributed by atoms with Crippen LogP contribution in [0.4, 0.5) is 0 Å². The molecule has 2 aromatic rings. The summed E-state index contributed by atoms with van der Waals surface area (Å²) in [5.41, 5.74) is 1.60. The first-order valence-electron chi connectivity index (χ1n) is 26.5. The molecule has 460 valence electrons. The van der Waals surface area contributed by atoms with Crippen molar-refractivity contribution in [2.75, 3.05) is 39.6 Å². The molecule has 0 aliphatic carbocycles. The lowest BCUT2D eigenvalue weighted by Crippen LogP contribution is -2.70. The fraction of sp³-hybridized carbons (Fsp3) is 0.706. The van der Waals surface area contributed by atoms with Crippen LogP contribution in [0, 0.1) is 0 Å². The molecule has 16 fully saturated rings. The molecule has 0 unspecified atom stereocenters. The Balaban J connectivity index is 1.03. The maximum atomic E-state index is 14.1. The standard InChI is InChI=1S/C51H71NO30/c53-12-21-39-28(59)27(52-45(70)20-10-8-19(9-11-20)7-6-18-4-2-1-3-5-18)46(71-21)77-40-22(13-54)72-48(34(65)29(40)60)79-42-24(15-56)74-50(36(67)31(42)62)81-44-26(17-58)76-51(38(69)33(44)64)82-43-25(16-57)75-49(37(68)32(43)63)80-41-23(14-55)73-47(78-39)35(66)30(41)61/h1-11,21-44,46-51,53-69H,12-17H2,(H,52,70)/b7-6+/t21-,22-,23-,24-,25-,26-,27-,28-,29-,30-,31-,32-,33-,34-,35-,36-,37-,38-,39-,40-,41-,42-,43-,44-,46-,47-,48-,49-,50-,51-/m1/s1. The topological polar surface area (TPSA) is 484 Å². The summed E-state index contributed by atoms with van der Waals surface area (Å²) in [4.78, 5) is 14.1. The summed E-state index contributed by atoms with van der Waals surface area (Å²) in [7, 11) is 0. The second-order valence-corrected chi connectivity index (χ2v) is 20.7. The van der Waals surface area contributed by atoms with E-state index in [9.17, 15) is 91.6 Å². The summed E-state index contributed by atoms with van der Waals surface area (Å²) in [5, 5.41) is 192. The first kappa shape index (κ1) is 63.0. The molecule has 12 bridgehead atoms. The molecule has 0 spiro atoms. The zero-order chi connectivity index (χ0) is 58.8. The molecule has 31 nitrogen and oxygen atoms in total. The van der Waals surface area contributed by atoms with Crippen molar-refractivity contribution in [3.8, 4) is 0 Å². The van der Waals surface area contributed by atoms with E-state index in [1.54, 1.807) is 18.2 Å². The number of rotatable bonds is 10. The Bertz CT molecular complexity index is 2360. The largest absolute Gasteiger partial charge is 0.394 e. The molecule has 0 aromatic heterocycles. The number of carbonyl (C=O) groups excluding carboxylic acids is 1. The summed E-state index contributed by atoms with van der Waals surface area (Å²) in [6.07, 6.45) is -53.7. The fourth-order valence-corrected chi connectivity index (χ4v) is 10.8. The van der Waals surface area contributed by atoms with Crippen LogP contribution in [-0.2, 0) is 56.8 Å². The molecule has 16 saturated heterocycles. The lowest BCUT2D eigenvalue weighted by Gasteiger charge is -2.51. The van der Waals surface area contributed by atoms with Crippen LogP contribution in [-0.4, -0.2) is 317 Å². The normalized spacial score (nSPS) is 46.8. The average molecular weight is 1180 g/mol. The van der Waals surface area contributed by atoms with Crippen molar-refractivity contribution >= 4 is 18.1 Å². The monoisotopic (exact) mass is 1180 g/mol. The molecule has 30 atom stereocenters. The Morgan fingerprint density at radius 2 is 0.585 bits per heavy atom. The number of aliphatic hydroxyl groups excluding tert-OH is 17. The minimum Gasteiger partial charge on any atom is -0.394 e. The zero-order valence-corrected chi connectivity index (χ0v) is 43.3. The lowest BCUT2D eigenvalue weighted by molar-refractivity contribution is -0.400. The third-order valence-electron chi connectivity index (χ3n) is 15.4. The summed E-state index contributed by atoms with van der Waals surface area (Å²) >= 11 is 0. The molecule has 16 aliphatic heterocycles. The highest BCUT2D eigenvalue weighted by Crippen LogP contribution is 2.38. The smallest absolute Gasteiger partial charge is 0.251 e. The van der Waals surface area contributed by atoms with Gasteiger partial charge in [-0.1, -0.05) is 54.6 Å². The van der Waals surface area contributed by atoms with E-state index in [4.69, 9.17) is 56.8 Å². The molecular weight excluding hydrogens is 1110 g/mol. The van der Waals surface area contributed by atoms with Crippen molar-refractivity contribution in [3.05, 3.63) is 71.3 Å². The van der Waals surface area contributed by atoms with Gasteiger partial charge >= 0.3 is 0 Å². The average Bonchev–Trinajstić information content (AvgIpc) is 3.66. The Morgan fingerprint density at radius 3 is 0.878 bits per heavy atom. The minimum atomic E-state index is -2.20. The van der Waals surface area contributed by atoms with Crippen LogP contribution in [0.1, 0.15) is 21.5 Å². The van der Waals surface area contributed by atoms with Crippen molar-refractivity contribution in [1.29, 1.82) is 0 Å². The molecule has 18 N–H and O–H groups in total. The van der Waals surface area contributed by atoms with Crippen LogP contribution >= 0.6 is 0 Å². The van der Waals surface area contributed by atoms with E-state index >= 15 is 0 Å². The molecule has 0 saturated carbocycles. The zero-order valence-electron chi connectivity index (χ0n) is 43.3. The van der Waals surface area contributed by atoms with Crippen LogP contribution in [0.25, 0.3) is 12.2 Å². The van der Waals surface area contributed by atoms with Gasteiger partial charge in [0.15, 0.2) is 37.7 Å². The first-order valence-corrected chi connectivity index (χ1v) is 26.5. The van der Waals surface area contributed by atoms with Crippen LogP contribution < -0.4 is 5.32 Å². The number of hydrogen-bond donors (Lipinski definition) is 18. The second-order valence-electron chi connectivity index (χ2n) is 20.7. The Morgan fingerprint density at radius 1 is 0.329 bits per heavy atom. The van der Waals surface area contributed by atoms with Gasteiger partial charge in [-0.15, -0.1) is 0 Å². The molecule has 31 heteroatoms. The van der Waals surface area contributed by atoms with Gasteiger partial charge in [0.05, 0.1) is 39.6 Å². The van der Waals surface area contributed by atoms with E-state index in [1.165, 1.54) is 12.1 Å². The van der Waals surface area contributed by atoms with Crippen molar-refractivity contribution in [2.45, 2.75) is 184 Å². The van der Waals surface area contributed by atoms with E-state index in [1.807, 2.05) is 36.4 Å². The van der Waals surface area contributed by atoms with E-state index in [0.29, 0.717) is 5.56 Å². The van der Waals surface area contributed by atoms with E-state index in [0.717, 1.165) is 5.56 Å². The third-order valence-corrected chi connectivity index (χ3v) is 15.4. The molecular formula is C51H71NO30. The fourth-order valence-electron chi connectivity index (χ4n) is 10.8. The maximum absolute atomic E-state index is 14.1. The van der Waals surface area contributed by atoms with Gasteiger partial charge in [0, 0.05) is 5.56 Å². The number of aliphatic hydroxyl groups is 17. The summed E-state index contributed by atoms with van der Waals surface area (Å²) in [5.74, 6) is -0.876. The predicted molar refractivity (Wildman–Crippen MR) is 263 cm³/mol. The van der Waals surface area contributed by atoms with Gasteiger partial charge in [-0.05, 0) is 23.3 Å². The SMILES string of the molecule is O=C(N[C@H]1[C@H]2O[C@H]3[C@H](O)[C@@H](O)[C@@H](O[C@H]4[C@H](O)[C@@H](O)[C@@H](O[C@H]5[C@H](O)[C@@H](O)[C@@H](O[C@H]6[C@H](O)[C@@H](O)[C@@H](O[C@H]7[C@H](O)[C@@H](O)[C@@H](O[C@@H]([C@@H]1O)[C@@H](CO)O2)O[C@@H]7CO)O[C@@H]6CO)O[C@@H]5CO)O[C@@H]4CO)O[C@@H]3CO)c1ccc(/C=C/c2ccccc2)cc1. The Kier molecular flexibility index (Phi) is 21.1. The van der Waals surface area contributed by atoms with E-state index in [-0.39, 0.29) is 5.56 Å². The van der Waals surface area contributed by atoms with Gasteiger partial charge in [-0.25, -0.2) is 0 Å². The second kappa shape index (κ2) is 27.5. The quantitative estimate of drug-likeness (QED) is 0.0982. The summed E-state index contributed by atoms with van der Waals surface area (Å²) in [6.45, 7) is -6.15. The highest BCUT2D eigenvalue weighted by Gasteiger charge is 2.59. The molecule has 1 amide bonds. The lowest BCUT2D eigenvalue weighted by atomic mass is 9.94. The van der Waals surface area contributed by atoms with Crippen LogP contribution in [0.3, 0.4) is 0 Å². The predicted octanol–water partition coefficient (Wildman–Crippen LogP) is -9.45. The number of benzene rings is 2. The van der Waals surface area contributed by atoms with Gasteiger partial charge in [0.2, 0.25) is 0 Å². The van der Waals surface area contributed by atoms with Crippen molar-refractivity contribution in [1.82, 2.24) is 5.32 Å². The van der Waals surface area contributed by atoms with Gasteiger partial charge in [-0.3, -0.25) is 4.79 Å². The number of ether oxygens (including phenoxy) is 12. The number of nitrogens with one attached hydrogen (secondary N) is 1. The highest BCUT2D eigenvalue weighted by atomic mass is 16.8. The number of carbonyl (C=O) groups is 1. The van der Waals surface area contributed by atoms with Crippen LogP contribution in [0.2, 0.25) is 0 Å². The molecule has 18 rings (SSSR count). The van der Waals surface area contributed by atoms with Crippen molar-refractivity contribution < 1.29 is 148 Å². The van der Waals surface area contributed by atoms with E-state index in [2.05, 4.69) is 5.32 Å². The van der Waals surface area contributed by atoms with Gasteiger partial charge in [0.25, 0.3) is 5.91 Å². The van der Waals surface area contributed by atoms with E-state index < -0.39 is 230 Å². The van der Waals surface area contributed by atoms with Crippen molar-refractivity contribution in [3.63, 3.8) is 0 Å². The highest BCUT2D eigenvalue weighted by molar-refractivity contribution is 5.94. The Hall–Kier alpha value is -3.51.